The van der Waals surface area contributed by atoms with E-state index in [4.69, 9.17) is 14.2 Å². The lowest BCUT2D eigenvalue weighted by atomic mass is 10.1. The van der Waals surface area contributed by atoms with Gasteiger partial charge < -0.3 is 14.2 Å². The van der Waals surface area contributed by atoms with Gasteiger partial charge in [0.25, 0.3) is 0 Å². The molecule has 58 heavy (non-hydrogen) atoms. The van der Waals surface area contributed by atoms with Gasteiger partial charge in [-0.15, -0.1) is 0 Å². The molecule has 0 aliphatic carbocycles. The van der Waals surface area contributed by atoms with Crippen molar-refractivity contribution in [3.8, 4) is 0 Å². The minimum atomic E-state index is -0.811. The number of carbonyl (C=O) groups excluding carboxylic acids is 3. The van der Waals surface area contributed by atoms with Gasteiger partial charge in [-0.05, 0) is 70.6 Å². The quantitative estimate of drug-likeness (QED) is 0.0264. The number of hydrogen-bond acceptors (Lipinski definition) is 6. The van der Waals surface area contributed by atoms with Crippen LogP contribution in [-0.2, 0) is 28.6 Å². The standard InChI is InChI=1S/C52H90O6/c1-4-7-10-13-16-19-22-24-25-26-28-30-33-36-39-42-45-51(54)57-48-49(47-56-50(53)44-41-38-35-32-29-21-18-15-12-9-6-3)58-52(55)46-43-40-37-34-31-27-23-20-17-14-11-8-5-2/h8,11,17,20,25-27,31,37,40,49H,4-7,9-10,12-16,18-19,21-24,28-30,32-36,38-39,41-48H2,1-3H3/b11-8-,20-17-,26-25-,31-27-,40-37-. The van der Waals surface area contributed by atoms with E-state index in [2.05, 4.69) is 69.4 Å². The highest BCUT2D eigenvalue weighted by Gasteiger charge is 2.19. The first-order chi connectivity index (χ1) is 28.5. The van der Waals surface area contributed by atoms with Gasteiger partial charge in [-0.1, -0.05) is 204 Å². The van der Waals surface area contributed by atoms with Crippen molar-refractivity contribution in [2.45, 2.75) is 239 Å². The summed E-state index contributed by atoms with van der Waals surface area (Å²) in [5, 5.41) is 0. The van der Waals surface area contributed by atoms with E-state index >= 15 is 0 Å². The molecule has 0 aromatic rings. The van der Waals surface area contributed by atoms with Gasteiger partial charge in [-0.3, -0.25) is 14.4 Å². The van der Waals surface area contributed by atoms with E-state index in [-0.39, 0.29) is 31.6 Å². The zero-order chi connectivity index (χ0) is 42.3. The zero-order valence-corrected chi connectivity index (χ0v) is 38.0. The van der Waals surface area contributed by atoms with E-state index in [1.54, 1.807) is 0 Å². The molecule has 0 bridgehead atoms. The summed E-state index contributed by atoms with van der Waals surface area (Å²) in [6.07, 6.45) is 56.5. The van der Waals surface area contributed by atoms with Gasteiger partial charge in [0.2, 0.25) is 0 Å². The first-order valence-electron chi connectivity index (χ1n) is 24.3. The average Bonchev–Trinajstić information content (AvgIpc) is 3.22. The summed E-state index contributed by atoms with van der Waals surface area (Å²) in [5.74, 6) is -0.995. The summed E-state index contributed by atoms with van der Waals surface area (Å²) in [5.41, 5.74) is 0. The SMILES string of the molecule is CC/C=C\C/C=C\C/C=C\C/C=C\CCC(=O)OC(COC(=O)CCCCCCC/C=C\CCCCCCCCC)COC(=O)CCCCCCCCCCCCC. The van der Waals surface area contributed by atoms with Gasteiger partial charge in [0.1, 0.15) is 13.2 Å². The number of allylic oxidation sites excluding steroid dienone is 10. The minimum absolute atomic E-state index is 0.104. The third-order valence-electron chi connectivity index (χ3n) is 10.3. The molecule has 0 radical (unpaired) electrons. The lowest BCUT2D eigenvalue weighted by Gasteiger charge is -2.18. The Bertz CT molecular complexity index is 1070. The molecular formula is C52H90O6. The Morgan fingerprint density at radius 2 is 0.707 bits per heavy atom. The monoisotopic (exact) mass is 811 g/mol. The molecule has 0 N–H and O–H groups in total. The zero-order valence-electron chi connectivity index (χ0n) is 38.0. The lowest BCUT2D eigenvalue weighted by Crippen LogP contribution is -2.30. The molecule has 0 rings (SSSR count). The Labute approximate surface area is 358 Å². The van der Waals surface area contributed by atoms with Crippen molar-refractivity contribution in [3.63, 3.8) is 0 Å². The molecule has 0 aromatic heterocycles. The van der Waals surface area contributed by atoms with E-state index in [1.807, 2.05) is 12.2 Å². The van der Waals surface area contributed by atoms with E-state index in [0.717, 1.165) is 70.6 Å². The fourth-order valence-corrected chi connectivity index (χ4v) is 6.63. The molecule has 334 valence electrons. The van der Waals surface area contributed by atoms with Crippen LogP contribution in [0.15, 0.2) is 60.8 Å². The third kappa shape index (κ3) is 44.2. The van der Waals surface area contributed by atoms with Crippen LogP contribution >= 0.6 is 0 Å². The van der Waals surface area contributed by atoms with Crippen molar-refractivity contribution in [1.82, 2.24) is 0 Å². The Balaban J connectivity index is 4.45. The van der Waals surface area contributed by atoms with E-state index < -0.39 is 12.1 Å². The predicted octanol–water partition coefficient (Wildman–Crippen LogP) is 15.7. The number of rotatable bonds is 43. The smallest absolute Gasteiger partial charge is 0.306 e. The maximum Gasteiger partial charge on any atom is 0.306 e. The number of carbonyl (C=O) groups is 3. The summed E-state index contributed by atoms with van der Waals surface area (Å²) in [4.78, 5) is 37.8. The highest BCUT2D eigenvalue weighted by molar-refractivity contribution is 5.71. The van der Waals surface area contributed by atoms with E-state index in [0.29, 0.717) is 19.3 Å². The van der Waals surface area contributed by atoms with Crippen LogP contribution in [0.1, 0.15) is 233 Å². The Morgan fingerprint density at radius 1 is 0.362 bits per heavy atom. The molecular weight excluding hydrogens is 721 g/mol. The Hall–Kier alpha value is -2.89. The van der Waals surface area contributed by atoms with Crippen molar-refractivity contribution in [3.05, 3.63) is 60.8 Å². The summed E-state index contributed by atoms with van der Waals surface area (Å²) in [7, 11) is 0. The van der Waals surface area contributed by atoms with Gasteiger partial charge >= 0.3 is 17.9 Å². The van der Waals surface area contributed by atoms with Crippen molar-refractivity contribution in [2.24, 2.45) is 0 Å². The molecule has 6 nitrogen and oxygen atoms in total. The number of hydrogen-bond donors (Lipinski definition) is 0. The fourth-order valence-electron chi connectivity index (χ4n) is 6.63. The van der Waals surface area contributed by atoms with Crippen LogP contribution in [0.25, 0.3) is 0 Å². The molecule has 6 heteroatoms. The molecule has 0 aliphatic rings. The minimum Gasteiger partial charge on any atom is -0.462 e. The second kappa shape index (κ2) is 46.8. The first-order valence-corrected chi connectivity index (χ1v) is 24.3. The molecule has 0 aliphatic heterocycles. The number of unbranched alkanes of at least 4 members (excludes halogenated alkanes) is 22. The van der Waals surface area contributed by atoms with Crippen molar-refractivity contribution in [2.75, 3.05) is 13.2 Å². The van der Waals surface area contributed by atoms with Gasteiger partial charge in [0.15, 0.2) is 6.10 Å². The summed E-state index contributed by atoms with van der Waals surface area (Å²) < 4.78 is 16.7. The molecule has 0 aromatic carbocycles. The molecule has 0 heterocycles. The summed E-state index contributed by atoms with van der Waals surface area (Å²) in [6.45, 7) is 6.44. The van der Waals surface area contributed by atoms with Crippen LogP contribution < -0.4 is 0 Å². The van der Waals surface area contributed by atoms with Crippen molar-refractivity contribution in [1.29, 1.82) is 0 Å². The highest BCUT2D eigenvalue weighted by atomic mass is 16.6. The van der Waals surface area contributed by atoms with Crippen LogP contribution in [0.2, 0.25) is 0 Å². The number of esters is 3. The van der Waals surface area contributed by atoms with E-state index in [9.17, 15) is 14.4 Å². The molecule has 0 fully saturated rings. The van der Waals surface area contributed by atoms with Crippen molar-refractivity contribution < 1.29 is 28.6 Å². The largest absolute Gasteiger partial charge is 0.462 e. The highest BCUT2D eigenvalue weighted by Crippen LogP contribution is 2.14. The molecule has 0 saturated carbocycles. The lowest BCUT2D eigenvalue weighted by molar-refractivity contribution is -0.166. The normalized spacial score (nSPS) is 12.5. The van der Waals surface area contributed by atoms with Gasteiger partial charge in [-0.2, -0.15) is 0 Å². The van der Waals surface area contributed by atoms with Crippen LogP contribution in [0.3, 0.4) is 0 Å². The van der Waals surface area contributed by atoms with Gasteiger partial charge in [-0.25, -0.2) is 0 Å². The van der Waals surface area contributed by atoms with Crippen LogP contribution in [-0.4, -0.2) is 37.2 Å². The van der Waals surface area contributed by atoms with Gasteiger partial charge in [0, 0.05) is 19.3 Å². The van der Waals surface area contributed by atoms with Crippen LogP contribution in [0, 0.1) is 0 Å². The average molecular weight is 811 g/mol. The van der Waals surface area contributed by atoms with E-state index in [1.165, 1.54) is 116 Å². The maximum atomic E-state index is 12.7. The molecule has 0 spiro atoms. The Kier molecular flexibility index (Phi) is 44.5. The summed E-state index contributed by atoms with van der Waals surface area (Å²) >= 11 is 0. The first kappa shape index (κ1) is 55.1. The second-order valence-corrected chi connectivity index (χ2v) is 16.0. The maximum absolute atomic E-state index is 12.7. The molecule has 1 unspecified atom stereocenters. The Morgan fingerprint density at radius 3 is 1.12 bits per heavy atom. The molecule has 1 atom stereocenters. The summed E-state index contributed by atoms with van der Waals surface area (Å²) in [6, 6.07) is 0. The predicted molar refractivity (Wildman–Crippen MR) is 247 cm³/mol. The van der Waals surface area contributed by atoms with Crippen LogP contribution in [0.5, 0.6) is 0 Å². The fraction of sp³-hybridized carbons (Fsp3) is 0.750. The van der Waals surface area contributed by atoms with Gasteiger partial charge in [0.05, 0.1) is 0 Å². The molecule has 0 amide bonds. The molecule has 0 saturated heterocycles. The second-order valence-electron chi connectivity index (χ2n) is 16.0. The topological polar surface area (TPSA) is 78.9 Å². The van der Waals surface area contributed by atoms with Crippen LogP contribution in [0.4, 0.5) is 0 Å². The number of ether oxygens (including phenoxy) is 3. The van der Waals surface area contributed by atoms with Crippen molar-refractivity contribution >= 4 is 17.9 Å². The third-order valence-corrected chi connectivity index (χ3v) is 10.3.